The standard InChI is InChI=1S/C11H9ClFN3O2/c1-2-18-11(17)10-14-9(15-16-10)6-4-3-5-7(12)8(6)13/h3-5H,2H2,1H3,(H,14,15,16). The Morgan fingerprint density at radius 1 is 1.56 bits per heavy atom. The Morgan fingerprint density at radius 2 is 2.33 bits per heavy atom. The summed E-state index contributed by atoms with van der Waals surface area (Å²) in [5, 5.41) is 6.11. The minimum Gasteiger partial charge on any atom is -0.460 e. The van der Waals surface area contributed by atoms with Gasteiger partial charge in [-0.25, -0.2) is 14.2 Å². The lowest BCUT2D eigenvalue weighted by atomic mass is 10.2. The molecule has 0 aliphatic carbocycles. The van der Waals surface area contributed by atoms with E-state index in [2.05, 4.69) is 15.2 Å². The summed E-state index contributed by atoms with van der Waals surface area (Å²) in [6, 6.07) is 4.46. The maximum absolute atomic E-state index is 13.7. The van der Waals surface area contributed by atoms with E-state index in [0.717, 1.165) is 0 Å². The Kier molecular flexibility index (Phi) is 3.57. The van der Waals surface area contributed by atoms with Gasteiger partial charge in [-0.05, 0) is 19.1 Å². The summed E-state index contributed by atoms with van der Waals surface area (Å²) in [7, 11) is 0. The predicted molar refractivity (Wildman–Crippen MR) is 62.7 cm³/mol. The molecule has 0 amide bonds. The first kappa shape index (κ1) is 12.5. The number of rotatable bonds is 3. The summed E-state index contributed by atoms with van der Waals surface area (Å²) in [6.45, 7) is 1.90. The molecule has 1 heterocycles. The first-order chi connectivity index (χ1) is 8.63. The van der Waals surface area contributed by atoms with Crippen LogP contribution in [0, 0.1) is 5.82 Å². The first-order valence-corrected chi connectivity index (χ1v) is 5.55. The number of carbonyl (C=O) groups is 1. The topological polar surface area (TPSA) is 67.9 Å². The lowest BCUT2D eigenvalue weighted by molar-refractivity contribution is 0.0512. The second kappa shape index (κ2) is 5.14. The maximum Gasteiger partial charge on any atom is 0.375 e. The zero-order valence-corrected chi connectivity index (χ0v) is 10.2. The molecule has 0 saturated carbocycles. The highest BCUT2D eigenvalue weighted by molar-refractivity contribution is 6.31. The van der Waals surface area contributed by atoms with Gasteiger partial charge in [0.1, 0.15) is 0 Å². The van der Waals surface area contributed by atoms with E-state index < -0.39 is 11.8 Å². The van der Waals surface area contributed by atoms with Crippen molar-refractivity contribution in [1.29, 1.82) is 0 Å². The van der Waals surface area contributed by atoms with Crippen molar-refractivity contribution in [2.24, 2.45) is 0 Å². The number of H-pyrrole nitrogens is 1. The lowest BCUT2D eigenvalue weighted by Gasteiger charge is -1.99. The summed E-state index contributed by atoms with van der Waals surface area (Å²) < 4.78 is 18.4. The van der Waals surface area contributed by atoms with E-state index in [1.807, 2.05) is 0 Å². The summed E-state index contributed by atoms with van der Waals surface area (Å²) in [5.41, 5.74) is 0.120. The molecule has 94 valence electrons. The summed E-state index contributed by atoms with van der Waals surface area (Å²) >= 11 is 5.65. The molecule has 5 nitrogen and oxygen atoms in total. The van der Waals surface area contributed by atoms with Gasteiger partial charge in [-0.1, -0.05) is 17.7 Å². The number of carbonyl (C=O) groups excluding carboxylic acids is 1. The average Bonchev–Trinajstić information content (AvgIpc) is 2.82. The van der Waals surface area contributed by atoms with Crippen LogP contribution >= 0.6 is 11.6 Å². The molecule has 2 rings (SSSR count). The van der Waals surface area contributed by atoms with E-state index in [1.165, 1.54) is 12.1 Å². The predicted octanol–water partition coefficient (Wildman–Crippen LogP) is 2.44. The Balaban J connectivity index is 2.35. The molecule has 0 unspecified atom stereocenters. The molecule has 0 atom stereocenters. The molecular formula is C11H9ClFN3O2. The van der Waals surface area contributed by atoms with Crippen LogP contribution in [0.3, 0.4) is 0 Å². The highest BCUT2D eigenvalue weighted by Gasteiger charge is 2.17. The number of aromatic nitrogens is 3. The Bertz CT molecular complexity index is 585. The second-order valence-corrected chi connectivity index (χ2v) is 3.74. The van der Waals surface area contributed by atoms with E-state index in [4.69, 9.17) is 16.3 Å². The van der Waals surface area contributed by atoms with Crippen molar-refractivity contribution in [2.45, 2.75) is 6.92 Å². The number of benzene rings is 1. The number of nitrogens with zero attached hydrogens (tertiary/aromatic N) is 2. The zero-order valence-electron chi connectivity index (χ0n) is 9.41. The van der Waals surface area contributed by atoms with Crippen LogP contribution in [0.4, 0.5) is 4.39 Å². The van der Waals surface area contributed by atoms with Gasteiger partial charge >= 0.3 is 5.97 Å². The second-order valence-electron chi connectivity index (χ2n) is 3.33. The molecule has 0 spiro atoms. The Labute approximate surface area is 107 Å². The first-order valence-electron chi connectivity index (χ1n) is 5.17. The summed E-state index contributed by atoms with van der Waals surface area (Å²) in [6.07, 6.45) is 0. The van der Waals surface area contributed by atoms with Gasteiger partial charge in [0, 0.05) is 0 Å². The summed E-state index contributed by atoms with van der Waals surface area (Å²) in [5.74, 6) is -1.29. The van der Waals surface area contributed by atoms with Gasteiger partial charge in [-0.15, -0.1) is 0 Å². The van der Waals surface area contributed by atoms with Crippen molar-refractivity contribution in [1.82, 2.24) is 15.2 Å². The van der Waals surface area contributed by atoms with Gasteiger partial charge in [0.2, 0.25) is 5.82 Å². The number of ether oxygens (including phenoxy) is 1. The van der Waals surface area contributed by atoms with Gasteiger partial charge < -0.3 is 4.74 Å². The summed E-state index contributed by atoms with van der Waals surface area (Å²) in [4.78, 5) is 15.2. The number of hydrogen-bond donors (Lipinski definition) is 1. The normalized spacial score (nSPS) is 10.4. The zero-order chi connectivity index (χ0) is 13.1. The fourth-order valence-electron chi connectivity index (χ4n) is 1.35. The van der Waals surface area contributed by atoms with Crippen LogP contribution < -0.4 is 0 Å². The number of nitrogens with one attached hydrogen (secondary N) is 1. The van der Waals surface area contributed by atoms with Gasteiger partial charge in [-0.3, -0.25) is 5.10 Å². The van der Waals surface area contributed by atoms with E-state index in [9.17, 15) is 9.18 Å². The highest BCUT2D eigenvalue weighted by atomic mass is 35.5. The smallest absolute Gasteiger partial charge is 0.375 e. The molecule has 0 saturated heterocycles. The van der Waals surface area contributed by atoms with Crippen LogP contribution in [0.2, 0.25) is 5.02 Å². The van der Waals surface area contributed by atoms with E-state index in [0.29, 0.717) is 0 Å². The largest absolute Gasteiger partial charge is 0.460 e. The molecule has 7 heteroatoms. The van der Waals surface area contributed by atoms with Crippen LogP contribution in [-0.4, -0.2) is 27.8 Å². The molecule has 18 heavy (non-hydrogen) atoms. The molecule has 1 aromatic heterocycles. The molecule has 1 N–H and O–H groups in total. The van der Waals surface area contributed by atoms with Gasteiger partial charge in [0.15, 0.2) is 11.6 Å². The third-order valence-electron chi connectivity index (χ3n) is 2.15. The molecule has 0 bridgehead atoms. The van der Waals surface area contributed by atoms with Crippen LogP contribution in [0.15, 0.2) is 18.2 Å². The average molecular weight is 270 g/mol. The van der Waals surface area contributed by atoms with Crippen LogP contribution in [0.25, 0.3) is 11.4 Å². The van der Waals surface area contributed by atoms with Crippen molar-refractivity contribution >= 4 is 17.6 Å². The molecule has 1 aromatic carbocycles. The number of hydrogen-bond acceptors (Lipinski definition) is 4. The fraction of sp³-hybridized carbons (Fsp3) is 0.182. The minimum absolute atomic E-state index is 0.0324. The fourth-order valence-corrected chi connectivity index (χ4v) is 1.52. The van der Waals surface area contributed by atoms with Crippen LogP contribution in [0.5, 0.6) is 0 Å². The highest BCUT2D eigenvalue weighted by Crippen LogP contribution is 2.24. The van der Waals surface area contributed by atoms with Gasteiger partial charge in [0.05, 0.1) is 17.2 Å². The number of aromatic amines is 1. The Morgan fingerprint density at radius 3 is 3.06 bits per heavy atom. The quantitative estimate of drug-likeness (QED) is 0.869. The van der Waals surface area contributed by atoms with Crippen molar-refractivity contribution in [3.05, 3.63) is 34.9 Å². The van der Waals surface area contributed by atoms with E-state index in [-0.39, 0.29) is 28.8 Å². The van der Waals surface area contributed by atoms with E-state index >= 15 is 0 Å². The monoisotopic (exact) mass is 269 g/mol. The van der Waals surface area contributed by atoms with Crippen molar-refractivity contribution in [3.63, 3.8) is 0 Å². The minimum atomic E-state index is -0.640. The molecule has 0 aliphatic heterocycles. The molecule has 0 radical (unpaired) electrons. The SMILES string of the molecule is CCOC(=O)c1nc(-c2cccc(Cl)c2F)n[nH]1. The van der Waals surface area contributed by atoms with Gasteiger partial charge in [-0.2, -0.15) is 5.10 Å². The molecule has 0 aliphatic rings. The third-order valence-corrected chi connectivity index (χ3v) is 2.44. The van der Waals surface area contributed by atoms with Gasteiger partial charge in [0.25, 0.3) is 0 Å². The van der Waals surface area contributed by atoms with Crippen molar-refractivity contribution in [2.75, 3.05) is 6.61 Å². The third kappa shape index (κ3) is 2.33. The lowest BCUT2D eigenvalue weighted by Crippen LogP contribution is -2.06. The number of halogens is 2. The van der Waals surface area contributed by atoms with Crippen molar-refractivity contribution in [3.8, 4) is 11.4 Å². The van der Waals surface area contributed by atoms with Crippen LogP contribution in [0.1, 0.15) is 17.5 Å². The van der Waals surface area contributed by atoms with Crippen molar-refractivity contribution < 1.29 is 13.9 Å². The van der Waals surface area contributed by atoms with Crippen LogP contribution in [-0.2, 0) is 4.74 Å². The maximum atomic E-state index is 13.7. The number of esters is 1. The molecule has 2 aromatic rings. The molecule has 0 fully saturated rings. The molecular weight excluding hydrogens is 261 g/mol. The Hall–Kier alpha value is -1.95. The van der Waals surface area contributed by atoms with E-state index in [1.54, 1.807) is 13.0 Å².